The monoisotopic (exact) mass is 181 g/mol. The van der Waals surface area contributed by atoms with Crippen molar-refractivity contribution in [3.63, 3.8) is 0 Å². The van der Waals surface area contributed by atoms with Gasteiger partial charge in [-0.3, -0.25) is 5.41 Å². The quantitative estimate of drug-likeness (QED) is 0.500. The summed E-state index contributed by atoms with van der Waals surface area (Å²) >= 11 is 0. The van der Waals surface area contributed by atoms with Crippen molar-refractivity contribution in [1.82, 2.24) is 0 Å². The second-order valence-corrected chi connectivity index (χ2v) is 4.43. The van der Waals surface area contributed by atoms with Gasteiger partial charge in [0.2, 0.25) is 0 Å². The molecule has 0 amide bonds. The third-order valence-electron chi connectivity index (χ3n) is 1.33. The minimum Gasteiger partial charge on any atom is -0.259 e. The van der Waals surface area contributed by atoms with Crippen molar-refractivity contribution in [3.8, 4) is 0 Å². The van der Waals surface area contributed by atoms with Crippen molar-refractivity contribution in [2.75, 3.05) is 0 Å². The Morgan fingerprint density at radius 1 is 1.36 bits per heavy atom. The Bertz CT molecular complexity index is 179. The van der Waals surface area contributed by atoms with Crippen LogP contribution in [0.25, 0.3) is 0 Å². The van der Waals surface area contributed by atoms with Crippen LogP contribution in [0.15, 0.2) is 5.70 Å². The van der Waals surface area contributed by atoms with Gasteiger partial charge < -0.3 is 0 Å². The third-order valence-corrected chi connectivity index (χ3v) is 3.09. The molecular formula is C6H10F3NSi. The highest BCUT2D eigenvalue weighted by Crippen LogP contribution is 2.30. The minimum absolute atomic E-state index is 0.845. The van der Waals surface area contributed by atoms with Gasteiger partial charge in [-0.2, -0.15) is 0 Å². The van der Waals surface area contributed by atoms with Crippen LogP contribution < -0.4 is 0 Å². The van der Waals surface area contributed by atoms with Gasteiger partial charge in [0, 0.05) is 0 Å². The van der Waals surface area contributed by atoms with E-state index in [2.05, 4.69) is 0 Å². The molecule has 0 saturated carbocycles. The van der Waals surface area contributed by atoms with E-state index in [4.69, 9.17) is 5.41 Å². The van der Waals surface area contributed by atoms with E-state index < -0.39 is 20.7 Å². The van der Waals surface area contributed by atoms with Gasteiger partial charge in [-0.05, 0) is 25.4 Å². The van der Waals surface area contributed by atoms with Gasteiger partial charge >= 0.3 is 0 Å². The minimum atomic E-state index is -3.28. The van der Waals surface area contributed by atoms with Crippen molar-refractivity contribution >= 4 is 15.4 Å². The van der Waals surface area contributed by atoms with Crippen LogP contribution in [0.3, 0.4) is 0 Å². The molecule has 0 heterocycles. The summed E-state index contributed by atoms with van der Waals surface area (Å²) in [4.78, 5) is 0. The summed E-state index contributed by atoms with van der Waals surface area (Å²) in [5.74, 6) is 1.74. The van der Waals surface area contributed by atoms with Crippen LogP contribution in [0.4, 0.5) is 13.2 Å². The fourth-order valence-corrected chi connectivity index (χ4v) is 1.27. The third kappa shape index (κ3) is 2.90. The maximum absolute atomic E-state index is 12.7. The maximum Gasteiger partial charge on any atom is 0.260 e. The molecule has 0 unspecified atom stereocenters. The molecule has 0 rings (SSSR count). The first-order valence-corrected chi connectivity index (χ1v) is 4.64. The SMILES string of the molecule is CC(C)(F)C(F)(F)[SiH2]C=C=N. The molecule has 5 heteroatoms. The molecule has 0 bridgehead atoms. The summed E-state index contributed by atoms with van der Waals surface area (Å²) in [5.41, 5.74) is -4.81. The van der Waals surface area contributed by atoms with Crippen LogP contribution in [0, 0.1) is 5.41 Å². The average molecular weight is 181 g/mol. The predicted molar refractivity (Wildman–Crippen MR) is 41.0 cm³/mol. The lowest BCUT2D eigenvalue weighted by molar-refractivity contribution is -0.0512. The summed E-state index contributed by atoms with van der Waals surface area (Å²) in [6.07, 6.45) is 0. The number of nitrogens with one attached hydrogen (secondary N) is 1. The first kappa shape index (κ1) is 10.5. The van der Waals surface area contributed by atoms with Crippen molar-refractivity contribution < 1.29 is 13.2 Å². The lowest BCUT2D eigenvalue weighted by atomic mass is 10.2. The summed E-state index contributed by atoms with van der Waals surface area (Å²) in [5, 5.41) is 6.36. The second kappa shape index (κ2) is 3.24. The fourth-order valence-electron chi connectivity index (χ4n) is 0.422. The molecule has 0 fully saturated rings. The van der Waals surface area contributed by atoms with Gasteiger partial charge in [0.1, 0.15) is 9.52 Å². The molecular weight excluding hydrogens is 171 g/mol. The van der Waals surface area contributed by atoms with E-state index in [1.165, 1.54) is 0 Å². The zero-order chi connectivity index (χ0) is 9.12. The smallest absolute Gasteiger partial charge is 0.259 e. The predicted octanol–water partition coefficient (Wildman–Crippen LogP) is 1.26. The number of rotatable bonds is 3. The Balaban J connectivity index is 4.33. The van der Waals surface area contributed by atoms with Gasteiger partial charge in [-0.15, -0.1) is 0 Å². The molecule has 0 aromatic carbocycles. The normalized spacial score (nSPS) is 13.5. The first-order chi connectivity index (χ1) is 4.81. The molecule has 0 aromatic rings. The highest BCUT2D eigenvalue weighted by Gasteiger charge is 2.45. The lowest BCUT2D eigenvalue weighted by Crippen LogP contribution is -2.43. The molecule has 0 aliphatic rings. The molecule has 0 atom stereocenters. The second-order valence-electron chi connectivity index (χ2n) is 2.73. The van der Waals surface area contributed by atoms with Crippen molar-refractivity contribution in [2.45, 2.75) is 25.1 Å². The van der Waals surface area contributed by atoms with Crippen LogP contribution in [0.5, 0.6) is 0 Å². The summed E-state index contributed by atoms with van der Waals surface area (Å²) in [6.45, 7) is 1.69. The van der Waals surface area contributed by atoms with Crippen LogP contribution in [-0.2, 0) is 0 Å². The standard InChI is InChI=1S/C6H10F3NSi/c1-5(2,7)6(8,9)11-4-3-10/h4,10H,11H2,1-2H3. The molecule has 1 N–H and O–H groups in total. The van der Waals surface area contributed by atoms with Gasteiger partial charge in [0.25, 0.3) is 5.55 Å². The highest BCUT2D eigenvalue weighted by atomic mass is 28.2. The molecule has 0 aliphatic carbocycles. The Hall–Kier alpha value is -0.543. The number of alkyl halides is 3. The largest absolute Gasteiger partial charge is 0.260 e. The number of hydrogen-bond donors (Lipinski definition) is 1. The molecule has 0 radical (unpaired) electrons. The molecule has 0 saturated heterocycles. The van der Waals surface area contributed by atoms with E-state index in [1.807, 2.05) is 0 Å². The van der Waals surface area contributed by atoms with E-state index in [1.54, 1.807) is 5.87 Å². The van der Waals surface area contributed by atoms with E-state index in [0.717, 1.165) is 19.5 Å². The Labute approximate surface area is 65.6 Å². The van der Waals surface area contributed by atoms with E-state index in [9.17, 15) is 13.2 Å². The molecule has 1 nitrogen and oxygen atoms in total. The van der Waals surface area contributed by atoms with E-state index in [-0.39, 0.29) is 0 Å². The van der Waals surface area contributed by atoms with Crippen molar-refractivity contribution in [3.05, 3.63) is 5.70 Å². The first-order valence-electron chi connectivity index (χ1n) is 3.12. The molecule has 0 aliphatic heterocycles. The van der Waals surface area contributed by atoms with Crippen LogP contribution in [0.1, 0.15) is 13.8 Å². The van der Waals surface area contributed by atoms with Gasteiger partial charge in [0.05, 0.1) is 0 Å². The van der Waals surface area contributed by atoms with Gasteiger partial charge in [0.15, 0.2) is 5.67 Å². The van der Waals surface area contributed by atoms with Gasteiger partial charge in [-0.1, -0.05) is 0 Å². The summed E-state index contributed by atoms with van der Waals surface area (Å²) in [7, 11) is -2.00. The van der Waals surface area contributed by atoms with Gasteiger partial charge in [-0.25, -0.2) is 13.2 Å². The topological polar surface area (TPSA) is 23.9 Å². The van der Waals surface area contributed by atoms with E-state index >= 15 is 0 Å². The molecule has 11 heavy (non-hydrogen) atoms. The lowest BCUT2D eigenvalue weighted by Gasteiger charge is -2.24. The van der Waals surface area contributed by atoms with E-state index in [0.29, 0.717) is 0 Å². The summed E-state index contributed by atoms with van der Waals surface area (Å²) in [6, 6.07) is 0. The highest BCUT2D eigenvalue weighted by molar-refractivity contribution is 6.47. The maximum atomic E-state index is 12.7. The fraction of sp³-hybridized carbons (Fsp3) is 0.667. The molecule has 0 aromatic heterocycles. The van der Waals surface area contributed by atoms with Crippen molar-refractivity contribution in [2.24, 2.45) is 0 Å². The molecule has 0 spiro atoms. The average Bonchev–Trinajstić information content (AvgIpc) is 1.81. The Morgan fingerprint density at radius 3 is 2.09 bits per heavy atom. The number of hydrogen-bond acceptors (Lipinski definition) is 1. The molecule has 64 valence electrons. The van der Waals surface area contributed by atoms with Crippen LogP contribution in [-0.4, -0.2) is 26.6 Å². The Kier molecular flexibility index (Phi) is 3.08. The Morgan fingerprint density at radius 2 is 1.82 bits per heavy atom. The van der Waals surface area contributed by atoms with Crippen LogP contribution in [0.2, 0.25) is 0 Å². The van der Waals surface area contributed by atoms with Crippen molar-refractivity contribution in [1.29, 1.82) is 5.41 Å². The number of halogens is 3. The van der Waals surface area contributed by atoms with Crippen LogP contribution >= 0.6 is 0 Å². The summed E-state index contributed by atoms with van der Waals surface area (Å²) < 4.78 is 38.0. The zero-order valence-electron chi connectivity index (χ0n) is 6.42. The zero-order valence-corrected chi connectivity index (χ0v) is 7.83.